The molecule has 1 aromatic heterocycles. The van der Waals surface area contributed by atoms with Crippen LogP contribution in [0.25, 0.3) is 0 Å². The largest absolute Gasteiger partial charge is 0.246 e. The minimum atomic E-state index is 0.816. The quantitative estimate of drug-likeness (QED) is 0.185. The molecule has 0 amide bonds. The van der Waals surface area contributed by atoms with Crippen molar-refractivity contribution in [3.63, 3.8) is 0 Å². The number of aliphatic imine (C=N–C) groups is 2. The van der Waals surface area contributed by atoms with Gasteiger partial charge in [0.1, 0.15) is 0 Å². The Hall–Kier alpha value is -4.63. The molecule has 0 spiro atoms. The molecule has 1 heterocycles. The second-order valence-corrected chi connectivity index (χ2v) is 12.0. The molecule has 0 atom stereocenters. The Labute approximate surface area is 263 Å². The van der Waals surface area contributed by atoms with Crippen molar-refractivity contribution in [1.29, 1.82) is 0 Å². The Balaban J connectivity index is 1.78. The number of rotatable bonds is 6. The first-order valence-corrected chi connectivity index (χ1v) is 15.4. The average molecular weight is 578 g/mol. The van der Waals surface area contributed by atoms with Gasteiger partial charge in [0.2, 0.25) is 0 Å². The van der Waals surface area contributed by atoms with Crippen LogP contribution in [0, 0.1) is 69.2 Å². The highest BCUT2D eigenvalue weighted by Crippen LogP contribution is 2.35. The average Bonchev–Trinajstić information content (AvgIpc) is 3.05. The van der Waals surface area contributed by atoms with Gasteiger partial charge in [-0.25, -0.2) is 15.0 Å². The first-order valence-electron chi connectivity index (χ1n) is 15.4. The lowest BCUT2D eigenvalue weighted by molar-refractivity contribution is 1.16. The van der Waals surface area contributed by atoms with Crippen LogP contribution in [0.4, 0.5) is 11.4 Å². The standard InChI is InChI=1S/C41H43N3/c1-24-26(3)30(7)38(31(8)27(24)4)43-40(34-18-13-11-14-19-34)36-22-17-23-37(42-36)41(35-20-15-12-16-21-35)44-39-32(9)28(5)25(2)29(6)33(39)10/h11-23H,1-10H3. The summed E-state index contributed by atoms with van der Waals surface area (Å²) in [5.41, 5.74) is 20.1. The van der Waals surface area contributed by atoms with E-state index in [0.29, 0.717) is 0 Å². The first-order chi connectivity index (χ1) is 21.0. The summed E-state index contributed by atoms with van der Waals surface area (Å²) >= 11 is 0. The summed E-state index contributed by atoms with van der Waals surface area (Å²) in [6.45, 7) is 21.9. The van der Waals surface area contributed by atoms with Gasteiger partial charge in [0.15, 0.2) is 0 Å². The van der Waals surface area contributed by atoms with Crippen LogP contribution in [0.15, 0.2) is 88.8 Å². The third-order valence-corrected chi connectivity index (χ3v) is 9.70. The number of benzene rings is 4. The van der Waals surface area contributed by atoms with Gasteiger partial charge in [0, 0.05) is 11.1 Å². The Kier molecular flexibility index (Phi) is 8.78. The molecule has 0 bridgehead atoms. The van der Waals surface area contributed by atoms with Gasteiger partial charge in [-0.3, -0.25) is 0 Å². The van der Waals surface area contributed by atoms with Gasteiger partial charge < -0.3 is 0 Å². The summed E-state index contributed by atoms with van der Waals surface area (Å²) in [5.74, 6) is 0. The third kappa shape index (κ3) is 5.67. The predicted octanol–water partition coefficient (Wildman–Crippen LogP) is 10.5. The summed E-state index contributed by atoms with van der Waals surface area (Å²) in [6.07, 6.45) is 0. The van der Waals surface area contributed by atoms with Crippen LogP contribution in [0.5, 0.6) is 0 Å². The van der Waals surface area contributed by atoms with E-state index in [9.17, 15) is 0 Å². The van der Waals surface area contributed by atoms with Crippen LogP contribution >= 0.6 is 0 Å². The molecule has 0 N–H and O–H groups in total. The van der Waals surface area contributed by atoms with E-state index in [4.69, 9.17) is 15.0 Å². The molecule has 44 heavy (non-hydrogen) atoms. The van der Waals surface area contributed by atoms with Gasteiger partial charge in [0.25, 0.3) is 0 Å². The van der Waals surface area contributed by atoms with Crippen LogP contribution < -0.4 is 0 Å². The van der Waals surface area contributed by atoms with Crippen LogP contribution in [-0.2, 0) is 0 Å². The molecular formula is C41H43N3. The molecule has 0 unspecified atom stereocenters. The van der Waals surface area contributed by atoms with Crippen LogP contribution in [0.2, 0.25) is 0 Å². The Morgan fingerprint density at radius 1 is 0.364 bits per heavy atom. The third-order valence-electron chi connectivity index (χ3n) is 9.70. The van der Waals surface area contributed by atoms with Gasteiger partial charge in [-0.15, -0.1) is 0 Å². The van der Waals surface area contributed by atoms with Crippen molar-refractivity contribution in [2.75, 3.05) is 0 Å². The molecule has 222 valence electrons. The summed E-state index contributed by atoms with van der Waals surface area (Å²) in [4.78, 5) is 16.1. The second-order valence-electron chi connectivity index (χ2n) is 12.0. The van der Waals surface area contributed by atoms with E-state index in [1.54, 1.807) is 0 Å². The molecule has 0 saturated heterocycles. The molecule has 0 saturated carbocycles. The van der Waals surface area contributed by atoms with Crippen molar-refractivity contribution in [1.82, 2.24) is 4.98 Å². The van der Waals surface area contributed by atoms with Gasteiger partial charge >= 0.3 is 0 Å². The predicted molar refractivity (Wildman–Crippen MR) is 188 cm³/mol. The molecule has 5 aromatic rings. The second kappa shape index (κ2) is 12.5. The number of hydrogen-bond donors (Lipinski definition) is 0. The maximum atomic E-state index is 5.39. The lowest BCUT2D eigenvalue weighted by atomic mass is 9.92. The van der Waals surface area contributed by atoms with E-state index in [2.05, 4.69) is 136 Å². The van der Waals surface area contributed by atoms with E-state index in [0.717, 1.165) is 45.3 Å². The van der Waals surface area contributed by atoms with E-state index >= 15 is 0 Å². The SMILES string of the molecule is Cc1c(C)c(C)c(N=C(c2ccccc2)c2cccc(C(=Nc3c(C)c(C)c(C)c(C)c3C)c3ccccc3)n2)c(C)c1C. The molecule has 0 aliphatic rings. The zero-order valence-corrected chi connectivity index (χ0v) is 27.8. The minimum Gasteiger partial charge on any atom is -0.246 e. The van der Waals surface area contributed by atoms with Crippen molar-refractivity contribution < 1.29 is 0 Å². The number of hydrogen-bond acceptors (Lipinski definition) is 3. The number of nitrogens with zero attached hydrogens (tertiary/aromatic N) is 3. The lowest BCUT2D eigenvalue weighted by Crippen LogP contribution is -2.12. The minimum absolute atomic E-state index is 0.816. The van der Waals surface area contributed by atoms with Crippen molar-refractivity contribution in [3.05, 3.63) is 157 Å². The van der Waals surface area contributed by atoms with Gasteiger partial charge in [0.05, 0.1) is 34.2 Å². The number of pyridine rings is 1. The van der Waals surface area contributed by atoms with Crippen LogP contribution in [0.3, 0.4) is 0 Å². The Bertz CT molecular complexity index is 1730. The highest BCUT2D eigenvalue weighted by molar-refractivity contribution is 6.16. The Morgan fingerprint density at radius 2 is 0.659 bits per heavy atom. The van der Waals surface area contributed by atoms with E-state index in [1.165, 1.54) is 55.6 Å². The highest BCUT2D eigenvalue weighted by atomic mass is 14.9. The van der Waals surface area contributed by atoms with E-state index in [-0.39, 0.29) is 0 Å². The fourth-order valence-corrected chi connectivity index (χ4v) is 5.95. The zero-order valence-electron chi connectivity index (χ0n) is 27.8. The van der Waals surface area contributed by atoms with Crippen LogP contribution in [-0.4, -0.2) is 16.4 Å². The van der Waals surface area contributed by atoms with Crippen LogP contribution in [0.1, 0.15) is 78.1 Å². The molecule has 4 aromatic carbocycles. The molecule has 3 nitrogen and oxygen atoms in total. The summed E-state index contributed by atoms with van der Waals surface area (Å²) in [6, 6.07) is 27.0. The monoisotopic (exact) mass is 577 g/mol. The van der Waals surface area contributed by atoms with Crippen molar-refractivity contribution in [2.24, 2.45) is 9.98 Å². The maximum absolute atomic E-state index is 5.39. The summed E-state index contributed by atoms with van der Waals surface area (Å²) in [7, 11) is 0. The molecule has 3 heteroatoms. The maximum Gasteiger partial charge on any atom is 0.0966 e. The molecule has 0 aliphatic heterocycles. The lowest BCUT2D eigenvalue weighted by Gasteiger charge is -2.18. The molecule has 0 aliphatic carbocycles. The molecule has 5 rings (SSSR count). The molecular weight excluding hydrogens is 534 g/mol. The van der Waals surface area contributed by atoms with E-state index < -0.39 is 0 Å². The zero-order chi connectivity index (χ0) is 31.7. The van der Waals surface area contributed by atoms with Crippen molar-refractivity contribution >= 4 is 22.8 Å². The summed E-state index contributed by atoms with van der Waals surface area (Å²) in [5, 5.41) is 0. The highest BCUT2D eigenvalue weighted by Gasteiger charge is 2.19. The topological polar surface area (TPSA) is 37.6 Å². The van der Waals surface area contributed by atoms with Gasteiger partial charge in [-0.05, 0) is 137 Å². The van der Waals surface area contributed by atoms with Gasteiger partial charge in [-0.2, -0.15) is 0 Å². The van der Waals surface area contributed by atoms with E-state index in [1.807, 2.05) is 12.1 Å². The van der Waals surface area contributed by atoms with Crippen molar-refractivity contribution in [3.8, 4) is 0 Å². The Morgan fingerprint density at radius 3 is 0.977 bits per heavy atom. The fourth-order valence-electron chi connectivity index (χ4n) is 5.95. The normalized spacial score (nSPS) is 12.1. The molecule has 0 fully saturated rings. The first kappa shape index (κ1) is 30.8. The summed E-state index contributed by atoms with van der Waals surface area (Å²) < 4.78 is 0. The number of aromatic nitrogens is 1. The smallest absolute Gasteiger partial charge is 0.0966 e. The fraction of sp³-hybridized carbons (Fsp3) is 0.244. The van der Waals surface area contributed by atoms with Gasteiger partial charge in [-0.1, -0.05) is 66.7 Å². The molecule has 0 radical (unpaired) electrons. The van der Waals surface area contributed by atoms with Crippen molar-refractivity contribution in [2.45, 2.75) is 69.2 Å².